The van der Waals surface area contributed by atoms with Gasteiger partial charge < -0.3 is 14.6 Å². The molecule has 7 nitrogen and oxygen atoms in total. The van der Waals surface area contributed by atoms with Crippen LogP contribution >= 0.6 is 0 Å². The Balaban J connectivity index is 1.71. The minimum Gasteiger partial charge on any atom is -0.496 e. The number of ketones is 1. The summed E-state index contributed by atoms with van der Waals surface area (Å²) in [6, 6.07) is 5.95. The topological polar surface area (TPSA) is 86.1 Å². The number of hydrogen-bond donors (Lipinski definition) is 1. The largest absolute Gasteiger partial charge is 0.496 e. The smallest absolute Gasteiger partial charge is 0.217 e. The van der Waals surface area contributed by atoms with Gasteiger partial charge in [0, 0.05) is 32.2 Å². The second-order valence-corrected chi connectivity index (χ2v) is 9.67. The van der Waals surface area contributed by atoms with Crippen LogP contribution < -0.4 is 10.1 Å². The van der Waals surface area contributed by atoms with Crippen molar-refractivity contribution in [2.75, 3.05) is 7.11 Å². The van der Waals surface area contributed by atoms with Gasteiger partial charge in [-0.25, -0.2) is 0 Å². The highest BCUT2D eigenvalue weighted by Gasteiger charge is 2.33. The Hall–Kier alpha value is -2.70. The molecule has 1 amide bonds. The van der Waals surface area contributed by atoms with Gasteiger partial charge in [-0.1, -0.05) is 32.4 Å². The first-order chi connectivity index (χ1) is 15.8. The number of ether oxygens (including phenoxy) is 1. The van der Waals surface area contributed by atoms with Crippen LogP contribution in [0.15, 0.2) is 18.2 Å². The zero-order chi connectivity index (χ0) is 24.0. The normalized spacial score (nSPS) is 14.4. The van der Waals surface area contributed by atoms with Gasteiger partial charge in [0.25, 0.3) is 0 Å². The van der Waals surface area contributed by atoms with Crippen molar-refractivity contribution >= 4 is 11.7 Å². The quantitative estimate of drug-likeness (QED) is 0.475. The Bertz CT molecular complexity index is 962. The molecule has 1 aromatic carbocycles. The van der Waals surface area contributed by atoms with Gasteiger partial charge in [0.15, 0.2) is 5.82 Å². The average Bonchev–Trinajstić information content (AvgIpc) is 3.51. The SMILES string of the molecule is COc1cc(C)ccc1CCC(=O)C[C@H](NC(C)=O)c1nnc(CCCC(C)C)n1C1CC1. The van der Waals surface area contributed by atoms with Crippen LogP contribution in [0.25, 0.3) is 0 Å². The summed E-state index contributed by atoms with van der Waals surface area (Å²) in [6.45, 7) is 7.95. The summed E-state index contributed by atoms with van der Waals surface area (Å²) in [5, 5.41) is 11.9. The maximum absolute atomic E-state index is 12.9. The third-order valence-electron chi connectivity index (χ3n) is 6.12. The van der Waals surface area contributed by atoms with Crippen LogP contribution in [0.2, 0.25) is 0 Å². The molecule has 0 saturated heterocycles. The Morgan fingerprint density at radius 1 is 1.21 bits per heavy atom. The van der Waals surface area contributed by atoms with Crippen LogP contribution in [0.3, 0.4) is 0 Å². The fourth-order valence-electron chi connectivity index (χ4n) is 4.26. The fourth-order valence-corrected chi connectivity index (χ4v) is 4.26. The van der Waals surface area contributed by atoms with E-state index in [2.05, 4.69) is 33.9 Å². The van der Waals surface area contributed by atoms with Crippen molar-refractivity contribution in [2.45, 2.75) is 91.1 Å². The van der Waals surface area contributed by atoms with Gasteiger partial charge in [-0.05, 0) is 55.7 Å². The Morgan fingerprint density at radius 3 is 2.61 bits per heavy atom. The average molecular weight is 455 g/mol. The maximum Gasteiger partial charge on any atom is 0.217 e. The lowest BCUT2D eigenvalue weighted by molar-refractivity contribution is -0.121. The molecule has 3 rings (SSSR count). The van der Waals surface area contributed by atoms with Crippen molar-refractivity contribution in [2.24, 2.45) is 5.92 Å². The number of aryl methyl sites for hydroxylation is 3. The summed E-state index contributed by atoms with van der Waals surface area (Å²) < 4.78 is 7.66. The van der Waals surface area contributed by atoms with E-state index in [0.29, 0.717) is 30.6 Å². The second-order valence-electron chi connectivity index (χ2n) is 9.67. The molecule has 180 valence electrons. The predicted octanol–water partition coefficient (Wildman–Crippen LogP) is 4.68. The van der Waals surface area contributed by atoms with Gasteiger partial charge in [-0.2, -0.15) is 0 Å². The number of amides is 1. The summed E-state index contributed by atoms with van der Waals surface area (Å²) in [6.07, 6.45) is 6.46. The number of hydrogen-bond acceptors (Lipinski definition) is 5. The molecule has 7 heteroatoms. The minimum atomic E-state index is -0.457. The van der Waals surface area contributed by atoms with Gasteiger partial charge in [0.1, 0.15) is 17.4 Å². The number of Topliss-reactive ketones (excluding diaryl/α,β-unsaturated/α-hetero) is 1. The molecule has 0 spiro atoms. The Kier molecular flexibility index (Phi) is 8.64. The van der Waals surface area contributed by atoms with Crippen molar-refractivity contribution < 1.29 is 14.3 Å². The summed E-state index contributed by atoms with van der Waals surface area (Å²) >= 11 is 0. The number of aromatic nitrogens is 3. The molecule has 1 aliphatic carbocycles. The van der Waals surface area contributed by atoms with E-state index in [1.54, 1.807) is 7.11 Å². The summed E-state index contributed by atoms with van der Waals surface area (Å²) in [5.74, 6) is 3.07. The molecule has 0 radical (unpaired) electrons. The summed E-state index contributed by atoms with van der Waals surface area (Å²) in [7, 11) is 1.65. The standard InChI is InChI=1S/C26H38N4O3/c1-17(2)7-6-8-25-28-29-26(30(25)21-12-13-21)23(27-19(4)31)16-22(32)14-11-20-10-9-18(3)15-24(20)33-5/h9-10,15,17,21,23H,6-8,11-14,16H2,1-5H3,(H,27,31)/t23-/m0/s1. The van der Waals surface area contributed by atoms with Crippen LogP contribution in [0.4, 0.5) is 0 Å². The molecule has 2 aromatic rings. The molecule has 1 atom stereocenters. The molecule has 1 N–H and O–H groups in total. The first kappa shape index (κ1) is 24.9. The van der Waals surface area contributed by atoms with Crippen LogP contribution in [-0.4, -0.2) is 33.6 Å². The van der Waals surface area contributed by atoms with Gasteiger partial charge >= 0.3 is 0 Å². The molecule has 0 aliphatic heterocycles. The highest BCUT2D eigenvalue weighted by atomic mass is 16.5. The van der Waals surface area contributed by atoms with Gasteiger partial charge in [-0.15, -0.1) is 10.2 Å². The summed E-state index contributed by atoms with van der Waals surface area (Å²) in [4.78, 5) is 24.9. The van der Waals surface area contributed by atoms with Gasteiger partial charge in [0.2, 0.25) is 5.91 Å². The van der Waals surface area contributed by atoms with Crippen molar-refractivity contribution in [3.05, 3.63) is 41.0 Å². The van der Waals surface area contributed by atoms with Crippen molar-refractivity contribution in [1.29, 1.82) is 0 Å². The minimum absolute atomic E-state index is 0.0862. The lowest BCUT2D eigenvalue weighted by Gasteiger charge is -2.19. The highest BCUT2D eigenvalue weighted by Crippen LogP contribution is 2.38. The van der Waals surface area contributed by atoms with Crippen LogP contribution in [-0.2, 0) is 22.4 Å². The zero-order valence-electron chi connectivity index (χ0n) is 20.7. The maximum atomic E-state index is 12.9. The molecular weight excluding hydrogens is 416 g/mol. The van der Waals surface area contributed by atoms with E-state index in [-0.39, 0.29) is 18.1 Å². The van der Waals surface area contributed by atoms with E-state index in [4.69, 9.17) is 4.74 Å². The lowest BCUT2D eigenvalue weighted by atomic mass is 10.0. The predicted molar refractivity (Wildman–Crippen MR) is 128 cm³/mol. The number of rotatable bonds is 13. The summed E-state index contributed by atoms with van der Waals surface area (Å²) in [5.41, 5.74) is 2.14. The first-order valence-electron chi connectivity index (χ1n) is 12.1. The molecule has 1 saturated carbocycles. The Labute approximate surface area is 197 Å². The molecule has 33 heavy (non-hydrogen) atoms. The number of benzene rings is 1. The first-order valence-corrected chi connectivity index (χ1v) is 12.1. The van der Waals surface area contributed by atoms with Crippen LogP contribution in [0, 0.1) is 12.8 Å². The Morgan fingerprint density at radius 2 is 1.97 bits per heavy atom. The van der Waals surface area contributed by atoms with Gasteiger partial charge in [-0.3, -0.25) is 9.59 Å². The molecule has 0 unspecified atom stereocenters. The van der Waals surface area contributed by atoms with E-state index in [1.165, 1.54) is 6.92 Å². The van der Waals surface area contributed by atoms with Crippen molar-refractivity contribution in [3.63, 3.8) is 0 Å². The van der Waals surface area contributed by atoms with E-state index < -0.39 is 6.04 Å². The van der Waals surface area contributed by atoms with Crippen molar-refractivity contribution in [3.8, 4) is 5.75 Å². The number of methoxy groups -OCH3 is 1. The molecule has 1 heterocycles. The zero-order valence-corrected chi connectivity index (χ0v) is 20.7. The van der Waals surface area contributed by atoms with E-state index in [9.17, 15) is 9.59 Å². The molecule has 1 aromatic heterocycles. The van der Waals surface area contributed by atoms with Crippen molar-refractivity contribution in [1.82, 2.24) is 20.1 Å². The molecule has 1 fully saturated rings. The lowest BCUT2D eigenvalue weighted by Crippen LogP contribution is -2.30. The number of nitrogens with one attached hydrogen (secondary N) is 1. The van der Waals surface area contributed by atoms with Crippen LogP contribution in [0.1, 0.15) is 94.2 Å². The van der Waals surface area contributed by atoms with E-state index >= 15 is 0 Å². The van der Waals surface area contributed by atoms with E-state index in [1.807, 2.05) is 25.1 Å². The molecular formula is C26H38N4O3. The van der Waals surface area contributed by atoms with E-state index in [0.717, 1.165) is 54.8 Å². The number of carbonyl (C=O) groups is 2. The monoisotopic (exact) mass is 454 g/mol. The highest BCUT2D eigenvalue weighted by molar-refractivity contribution is 5.81. The second kappa shape index (κ2) is 11.4. The third kappa shape index (κ3) is 7.14. The third-order valence-corrected chi connectivity index (χ3v) is 6.12. The number of nitrogens with zero attached hydrogens (tertiary/aromatic N) is 3. The molecule has 0 bridgehead atoms. The van der Waals surface area contributed by atoms with Gasteiger partial charge in [0.05, 0.1) is 13.2 Å². The number of carbonyl (C=O) groups excluding carboxylic acids is 2. The fraction of sp³-hybridized carbons (Fsp3) is 0.615. The van der Waals surface area contributed by atoms with Crippen LogP contribution in [0.5, 0.6) is 5.75 Å². The molecule has 1 aliphatic rings.